The van der Waals surface area contributed by atoms with E-state index in [1.807, 2.05) is 84.8 Å². The molecule has 2 aliphatic rings. The van der Waals surface area contributed by atoms with Gasteiger partial charge in [-0.3, -0.25) is 9.13 Å². The second-order valence-corrected chi connectivity index (χ2v) is 13.7. The molecule has 0 aliphatic carbocycles. The van der Waals surface area contributed by atoms with E-state index in [9.17, 15) is 5.11 Å². The predicted octanol–water partition coefficient (Wildman–Crippen LogP) is 6.73. The monoisotopic (exact) mass is 779 g/mol. The average Bonchev–Trinajstić information content (AvgIpc) is 4.07. The van der Waals surface area contributed by atoms with Gasteiger partial charge in [0.25, 0.3) is 0 Å². The Hall–Kier alpha value is -5.56. The van der Waals surface area contributed by atoms with Crippen molar-refractivity contribution in [2.24, 2.45) is 0 Å². The summed E-state index contributed by atoms with van der Waals surface area (Å²) in [6.07, 6.45) is 3.23. The molecule has 2 atom stereocenters. The smallest absolute Gasteiger partial charge is 1.00 e. The molecule has 2 aliphatic heterocycles. The van der Waals surface area contributed by atoms with Crippen LogP contribution in [-0.2, 0) is 4.74 Å². The fraction of sp³-hybridized carbons (Fsp3) is 0.174. The van der Waals surface area contributed by atoms with Crippen LogP contribution in [0.3, 0.4) is 0 Å². The van der Waals surface area contributed by atoms with Gasteiger partial charge in [0.1, 0.15) is 12.7 Å². The molecule has 12 heteroatoms. The van der Waals surface area contributed by atoms with E-state index in [4.69, 9.17) is 23.7 Å². The van der Waals surface area contributed by atoms with Gasteiger partial charge in [-0.25, -0.2) is 9.97 Å². The molecular formula is C46H41BN4NaO6. The summed E-state index contributed by atoms with van der Waals surface area (Å²) >= 11 is 0. The first-order valence-corrected chi connectivity index (χ1v) is 18.7. The molecule has 2 unspecified atom stereocenters. The fourth-order valence-corrected chi connectivity index (χ4v) is 7.29. The molecule has 58 heavy (non-hydrogen) atoms. The number of hydrogen-bond donors (Lipinski definition) is 1. The number of ether oxygens (including phenoxy) is 5. The first-order valence-electron chi connectivity index (χ1n) is 18.7. The summed E-state index contributed by atoms with van der Waals surface area (Å²) in [7, 11) is 0. The van der Waals surface area contributed by atoms with Gasteiger partial charge < -0.3 is 30.2 Å². The number of aromatic nitrogens is 4. The van der Waals surface area contributed by atoms with Crippen molar-refractivity contribution in [1.29, 1.82) is 0 Å². The van der Waals surface area contributed by atoms with Crippen LogP contribution in [0.4, 0.5) is 0 Å². The number of aliphatic hydroxyl groups excluding tert-OH is 1. The van der Waals surface area contributed by atoms with E-state index in [1.54, 1.807) is 6.92 Å². The quantitative estimate of drug-likeness (QED) is 0.170. The number of hydrogen-bond acceptors (Lipinski definition) is 8. The Labute approximate surface area is 362 Å². The minimum atomic E-state index is -0.509. The van der Waals surface area contributed by atoms with Gasteiger partial charge in [0.2, 0.25) is 13.6 Å². The van der Waals surface area contributed by atoms with Crippen LogP contribution in [0.15, 0.2) is 134 Å². The minimum absolute atomic E-state index is 0. The van der Waals surface area contributed by atoms with Gasteiger partial charge in [-0.2, -0.15) is 0 Å². The summed E-state index contributed by atoms with van der Waals surface area (Å²) in [5, 5.41) is 9.79. The molecule has 6 aromatic carbocycles. The summed E-state index contributed by atoms with van der Waals surface area (Å²) in [5.41, 5.74) is 12.1. The van der Waals surface area contributed by atoms with Crippen molar-refractivity contribution >= 4 is 30.5 Å². The van der Waals surface area contributed by atoms with Crippen LogP contribution in [0.25, 0.3) is 55.7 Å². The van der Waals surface area contributed by atoms with Crippen molar-refractivity contribution in [3.8, 4) is 56.6 Å². The third-order valence-corrected chi connectivity index (χ3v) is 10.2. The van der Waals surface area contributed by atoms with E-state index in [-0.39, 0.29) is 59.1 Å². The molecule has 0 bridgehead atoms. The Kier molecular flexibility index (Phi) is 12.3. The summed E-state index contributed by atoms with van der Waals surface area (Å²) in [4.78, 5) is 9.13. The van der Waals surface area contributed by atoms with Gasteiger partial charge in [0, 0.05) is 37.5 Å². The van der Waals surface area contributed by atoms with Crippen LogP contribution >= 0.6 is 0 Å². The Balaban J connectivity index is 0.000000189. The van der Waals surface area contributed by atoms with E-state index in [2.05, 4.69) is 82.1 Å². The zero-order valence-corrected chi connectivity index (χ0v) is 34.8. The van der Waals surface area contributed by atoms with Gasteiger partial charge in [-0.1, -0.05) is 60.7 Å². The first kappa shape index (κ1) is 40.6. The fourth-order valence-electron chi connectivity index (χ4n) is 7.29. The second kappa shape index (κ2) is 17.5. The normalized spacial score (nSPS) is 13.3. The van der Waals surface area contributed by atoms with Crippen molar-refractivity contribution in [1.82, 2.24) is 19.1 Å². The summed E-state index contributed by atoms with van der Waals surface area (Å²) in [6, 6.07) is 40.7. The van der Waals surface area contributed by atoms with Crippen LogP contribution in [0.1, 0.15) is 45.5 Å². The van der Waals surface area contributed by atoms with Gasteiger partial charge in [-0.05, 0) is 104 Å². The molecule has 285 valence electrons. The van der Waals surface area contributed by atoms with Crippen LogP contribution in [0, 0.1) is 0 Å². The Bertz CT molecular complexity index is 2720. The molecule has 10 nitrogen and oxygen atoms in total. The largest absolute Gasteiger partial charge is 1.00 e. The molecule has 0 fully saturated rings. The van der Waals surface area contributed by atoms with E-state index in [0.717, 1.165) is 89.8 Å². The van der Waals surface area contributed by atoms with Crippen molar-refractivity contribution in [3.05, 3.63) is 145 Å². The molecule has 2 aromatic heterocycles. The molecule has 10 rings (SSSR count). The SMILES string of the molecule is CC(O)c1ccc2c(c1)ncn2-c1cccc(-c2cccc3c2OCO3)c1.CCOC(C)c1ccc2c(c1)ncn2-c1cccc(-c2cccc3c2OCO3)c1.[B].[H-].[Na+]. The number of rotatable bonds is 8. The molecule has 0 saturated heterocycles. The van der Waals surface area contributed by atoms with Crippen molar-refractivity contribution < 1.29 is 59.8 Å². The third kappa shape index (κ3) is 7.84. The van der Waals surface area contributed by atoms with Gasteiger partial charge in [-0.15, -0.1) is 0 Å². The number of imidazole rings is 2. The maximum absolute atomic E-state index is 9.79. The number of nitrogens with zero attached hydrogens (tertiary/aromatic N) is 4. The molecule has 1 N–H and O–H groups in total. The summed E-state index contributed by atoms with van der Waals surface area (Å²) in [6.45, 7) is 7.04. The Morgan fingerprint density at radius 3 is 1.62 bits per heavy atom. The number of benzene rings is 6. The predicted molar refractivity (Wildman–Crippen MR) is 223 cm³/mol. The van der Waals surface area contributed by atoms with Gasteiger partial charge in [0.15, 0.2) is 23.0 Å². The average molecular weight is 780 g/mol. The number of fused-ring (bicyclic) bond motifs is 4. The summed E-state index contributed by atoms with van der Waals surface area (Å²) < 4.78 is 32.2. The van der Waals surface area contributed by atoms with Gasteiger partial charge in [0.05, 0.1) is 34.3 Å². The molecule has 3 radical (unpaired) electrons. The number of aliphatic hydroxyl groups is 1. The van der Waals surface area contributed by atoms with E-state index in [1.165, 1.54) is 0 Å². The van der Waals surface area contributed by atoms with Crippen molar-refractivity contribution in [3.63, 3.8) is 0 Å². The molecule has 8 aromatic rings. The topological polar surface area (TPSA) is 102 Å². The second-order valence-electron chi connectivity index (χ2n) is 13.7. The standard InChI is InChI=1S/C24H22N2O3.C22H18N2O3.B.Na.H/c1-3-27-16(2)17-10-11-22-21(13-17)25-14-26(22)19-7-4-6-18(12-19)20-8-5-9-23-24(20)29-15-28-23;1-14(25)15-8-9-20-19(11-15)23-12-24(20)17-5-2-4-16(10-17)18-6-3-7-21-22(18)27-13-26-21;;;/h4-14,16H,3,15H2,1-2H3;2-12,14,25H,13H2,1H3;;;/q;;;+1;-1. The minimum Gasteiger partial charge on any atom is -1.00 e. The van der Waals surface area contributed by atoms with Crippen LogP contribution < -0.4 is 48.5 Å². The molecule has 0 amide bonds. The van der Waals surface area contributed by atoms with Crippen LogP contribution in [-0.4, -0.2) is 52.8 Å². The number of para-hydroxylation sites is 2. The van der Waals surface area contributed by atoms with Crippen molar-refractivity contribution in [2.75, 3.05) is 20.2 Å². The van der Waals surface area contributed by atoms with E-state index < -0.39 is 6.10 Å². The first-order chi connectivity index (χ1) is 27.4. The molecule has 4 heterocycles. The van der Waals surface area contributed by atoms with Gasteiger partial charge >= 0.3 is 29.6 Å². The molecule has 0 saturated carbocycles. The zero-order chi connectivity index (χ0) is 38.2. The summed E-state index contributed by atoms with van der Waals surface area (Å²) in [5.74, 6) is 3.15. The third-order valence-electron chi connectivity index (χ3n) is 10.2. The Morgan fingerprint density at radius 1 is 0.638 bits per heavy atom. The van der Waals surface area contributed by atoms with E-state index in [0.29, 0.717) is 6.61 Å². The van der Waals surface area contributed by atoms with Crippen LogP contribution in [0.5, 0.6) is 23.0 Å². The molecular weight excluding hydrogens is 738 g/mol. The maximum Gasteiger partial charge on any atom is 1.00 e. The van der Waals surface area contributed by atoms with E-state index >= 15 is 0 Å². The Morgan fingerprint density at radius 2 is 1.12 bits per heavy atom. The maximum atomic E-state index is 9.79. The zero-order valence-electron chi connectivity index (χ0n) is 33.8. The van der Waals surface area contributed by atoms with Crippen molar-refractivity contribution in [2.45, 2.75) is 33.0 Å². The molecule has 0 spiro atoms. The van der Waals surface area contributed by atoms with Crippen LogP contribution in [0.2, 0.25) is 0 Å².